The summed E-state index contributed by atoms with van der Waals surface area (Å²) in [5, 5.41) is 0. The fourth-order valence-corrected chi connectivity index (χ4v) is 3.72. The van der Waals surface area contributed by atoms with E-state index < -0.39 is 0 Å². The summed E-state index contributed by atoms with van der Waals surface area (Å²) in [5.74, 6) is 6.68. The van der Waals surface area contributed by atoms with E-state index in [1.807, 2.05) is 19.3 Å². The van der Waals surface area contributed by atoms with Gasteiger partial charge in [-0.15, -0.1) is 5.92 Å². The van der Waals surface area contributed by atoms with E-state index in [0.29, 0.717) is 6.54 Å². The van der Waals surface area contributed by atoms with E-state index in [1.54, 1.807) is 0 Å². The lowest BCUT2D eigenvalue weighted by atomic mass is 9.98. The average Bonchev–Trinajstić information content (AvgIpc) is 2.94. The monoisotopic (exact) mass is 368 g/mol. The van der Waals surface area contributed by atoms with Crippen LogP contribution in [0.15, 0.2) is 59.9 Å². The highest BCUT2D eigenvalue weighted by Gasteiger charge is 2.20. The topological polar surface area (TPSA) is 30.2 Å². The number of aryl methyl sites for hydroxylation is 1. The van der Waals surface area contributed by atoms with Crippen molar-refractivity contribution >= 4 is 14.5 Å². The molecule has 1 aliphatic rings. The van der Waals surface area contributed by atoms with Gasteiger partial charge in [-0.1, -0.05) is 49.3 Å². The molecule has 0 atom stereocenters. The van der Waals surface area contributed by atoms with E-state index in [9.17, 15) is 0 Å². The fourth-order valence-electron chi connectivity index (χ4n) is 3.28. The van der Waals surface area contributed by atoms with E-state index >= 15 is 0 Å². The van der Waals surface area contributed by atoms with Crippen molar-refractivity contribution in [2.45, 2.75) is 32.6 Å². The zero-order valence-corrected chi connectivity index (χ0v) is 17.0. The van der Waals surface area contributed by atoms with Gasteiger partial charge in [-0.3, -0.25) is 4.99 Å². The molecule has 0 N–H and O–H groups in total. The summed E-state index contributed by atoms with van der Waals surface area (Å²) < 4.78 is 2.17. The minimum absolute atomic E-state index is 0.327. The molecule has 1 aliphatic heterocycles. The Morgan fingerprint density at radius 3 is 2.70 bits per heavy atom. The van der Waals surface area contributed by atoms with Gasteiger partial charge in [0.25, 0.3) is 0 Å². The summed E-state index contributed by atoms with van der Waals surface area (Å²) in [5.41, 5.74) is 7.60. The van der Waals surface area contributed by atoms with Gasteiger partial charge in [-0.05, 0) is 25.1 Å². The molecule has 2 heterocycles. The molecule has 2 aromatic carbocycles. The molecule has 0 saturated heterocycles. The zero-order chi connectivity index (χ0) is 18.8. The number of imidazole rings is 1. The molecule has 0 unspecified atom stereocenters. The number of benzene rings is 2. The van der Waals surface area contributed by atoms with E-state index in [-0.39, 0.29) is 8.80 Å². The van der Waals surface area contributed by atoms with E-state index in [4.69, 9.17) is 4.99 Å². The van der Waals surface area contributed by atoms with Crippen molar-refractivity contribution in [2.75, 3.05) is 0 Å². The van der Waals surface area contributed by atoms with Crippen molar-refractivity contribution in [1.29, 1.82) is 0 Å². The van der Waals surface area contributed by atoms with Crippen LogP contribution in [0, 0.1) is 18.8 Å². The van der Waals surface area contributed by atoms with Crippen LogP contribution in [0.1, 0.15) is 28.1 Å². The number of nitrogens with zero attached hydrogens (tertiary/aromatic N) is 3. The first-order valence-electron chi connectivity index (χ1n) is 9.19. The smallest absolute Gasteiger partial charge is 0.0998 e. The van der Waals surface area contributed by atoms with Gasteiger partial charge in [-0.25, -0.2) is 4.98 Å². The summed E-state index contributed by atoms with van der Waals surface area (Å²) in [7, 11) is -0.327. The Morgan fingerprint density at radius 1 is 1.11 bits per heavy atom. The van der Waals surface area contributed by atoms with Gasteiger partial charge in [0.05, 0.1) is 44.5 Å². The van der Waals surface area contributed by atoms with Crippen LogP contribution in [-0.4, -0.2) is 24.1 Å². The maximum Gasteiger partial charge on any atom is 0.0998 e. The molecular weight excluding hydrogens is 346 g/mol. The lowest BCUT2D eigenvalue weighted by Crippen LogP contribution is -2.07. The molecule has 4 heteroatoms. The first kappa shape index (κ1) is 17.5. The van der Waals surface area contributed by atoms with E-state index in [0.717, 1.165) is 45.5 Å². The van der Waals surface area contributed by atoms with Crippen LogP contribution < -0.4 is 0 Å². The van der Waals surface area contributed by atoms with Crippen LogP contribution in [0.3, 0.4) is 0 Å². The van der Waals surface area contributed by atoms with Gasteiger partial charge >= 0.3 is 0 Å². The number of fused-ring (bicyclic) bond motifs is 3. The van der Waals surface area contributed by atoms with Crippen molar-refractivity contribution in [1.82, 2.24) is 9.55 Å². The van der Waals surface area contributed by atoms with E-state index in [1.165, 1.54) is 0 Å². The van der Waals surface area contributed by atoms with Crippen LogP contribution >= 0.6 is 0 Å². The largest absolute Gasteiger partial charge is 0.300 e. The summed E-state index contributed by atoms with van der Waals surface area (Å²) in [6.45, 7) is 7.26. The number of aliphatic imine (C=N–C) groups is 1. The Bertz CT molecular complexity index is 1070. The Morgan fingerprint density at radius 2 is 1.93 bits per heavy atom. The molecule has 0 fully saturated rings. The third kappa shape index (κ3) is 3.51. The molecular formula is C23H22N3Si. The van der Waals surface area contributed by atoms with Crippen molar-refractivity contribution < 1.29 is 0 Å². The molecule has 27 heavy (non-hydrogen) atoms. The third-order valence-electron chi connectivity index (χ3n) is 4.70. The zero-order valence-electron chi connectivity index (χ0n) is 16.0. The highest BCUT2D eigenvalue weighted by atomic mass is 28.3. The SMILES string of the molecule is Cc1ncn2c1CN=C(c1ccccc1)c1cc(C#CC[Si](C)C)ccc1-2. The standard InChI is InChI=1S/C23H22N3Si/c1-17-22-15-24-23(19-9-5-4-6-10-19)20-14-18(8-7-13-27(2)3)11-12-21(20)26(22)16-25-17/h4-6,9-12,14,16H,13,15H2,1-3H3. The molecule has 1 radical (unpaired) electrons. The quantitative estimate of drug-likeness (QED) is 0.479. The Kier molecular flexibility index (Phi) is 4.78. The molecule has 4 rings (SSSR count). The van der Waals surface area contributed by atoms with Crippen molar-refractivity contribution in [2.24, 2.45) is 4.99 Å². The maximum absolute atomic E-state index is 4.97. The summed E-state index contributed by atoms with van der Waals surface area (Å²) in [6, 6.07) is 17.8. The van der Waals surface area contributed by atoms with Gasteiger partial charge in [0, 0.05) is 22.7 Å². The lowest BCUT2D eigenvalue weighted by Gasteiger charge is -2.12. The van der Waals surface area contributed by atoms with Crippen molar-refractivity contribution in [3.8, 4) is 17.5 Å². The Labute approximate surface area is 162 Å². The van der Waals surface area contributed by atoms with E-state index in [2.05, 4.69) is 77.0 Å². The summed E-state index contributed by atoms with van der Waals surface area (Å²) >= 11 is 0. The molecule has 0 amide bonds. The first-order chi connectivity index (χ1) is 13.1. The molecule has 0 spiro atoms. The molecule has 0 saturated carbocycles. The first-order valence-corrected chi connectivity index (χ1v) is 11.9. The van der Waals surface area contributed by atoms with Gasteiger partial charge in [0.2, 0.25) is 0 Å². The number of rotatable bonds is 2. The predicted molar refractivity (Wildman–Crippen MR) is 113 cm³/mol. The van der Waals surface area contributed by atoms with Crippen LogP contribution in [0.4, 0.5) is 0 Å². The second-order valence-corrected chi connectivity index (χ2v) is 9.86. The second kappa shape index (κ2) is 7.38. The minimum atomic E-state index is -0.327. The second-order valence-electron chi connectivity index (χ2n) is 7.10. The normalized spacial score (nSPS) is 12.5. The van der Waals surface area contributed by atoms with Crippen molar-refractivity contribution in [3.63, 3.8) is 0 Å². The average molecular weight is 369 g/mol. The Balaban J connectivity index is 1.87. The predicted octanol–water partition coefficient (Wildman–Crippen LogP) is 4.64. The minimum Gasteiger partial charge on any atom is -0.300 e. The third-order valence-corrected chi connectivity index (χ3v) is 5.58. The molecule has 133 valence electrons. The van der Waals surface area contributed by atoms with Gasteiger partial charge < -0.3 is 4.57 Å². The summed E-state index contributed by atoms with van der Waals surface area (Å²) in [4.78, 5) is 9.47. The highest BCUT2D eigenvalue weighted by Crippen LogP contribution is 2.27. The van der Waals surface area contributed by atoms with Crippen LogP contribution in [0.2, 0.25) is 19.1 Å². The molecule has 3 nitrogen and oxygen atoms in total. The van der Waals surface area contributed by atoms with Crippen LogP contribution in [-0.2, 0) is 6.54 Å². The Hall–Kier alpha value is -2.90. The van der Waals surface area contributed by atoms with Gasteiger partial charge in [-0.2, -0.15) is 0 Å². The molecule has 3 aromatic rings. The maximum atomic E-state index is 4.97. The highest BCUT2D eigenvalue weighted by molar-refractivity contribution is 6.56. The van der Waals surface area contributed by atoms with Crippen LogP contribution in [0.25, 0.3) is 5.69 Å². The van der Waals surface area contributed by atoms with Gasteiger partial charge in [0.1, 0.15) is 0 Å². The van der Waals surface area contributed by atoms with Gasteiger partial charge in [0.15, 0.2) is 0 Å². The number of hydrogen-bond donors (Lipinski definition) is 0. The molecule has 1 aromatic heterocycles. The van der Waals surface area contributed by atoms with Crippen LogP contribution in [0.5, 0.6) is 0 Å². The lowest BCUT2D eigenvalue weighted by molar-refractivity contribution is 0.914. The molecule has 0 bridgehead atoms. The number of aromatic nitrogens is 2. The molecule has 0 aliphatic carbocycles. The fraction of sp³-hybridized carbons (Fsp3) is 0.217. The van der Waals surface area contributed by atoms with Crippen molar-refractivity contribution in [3.05, 3.63) is 82.9 Å². The summed E-state index contributed by atoms with van der Waals surface area (Å²) in [6.07, 6.45) is 1.90. The number of hydrogen-bond acceptors (Lipinski definition) is 2.